The fourth-order valence-electron chi connectivity index (χ4n) is 11.1. The molecule has 0 rings (SSSR count). The monoisotopic (exact) mass is 1080 g/mol. The number of amides is 1. The second-order valence-electron chi connectivity index (χ2n) is 24.2. The SMILES string of the molecule is CCCCCCCCCCCCCCCCCCCCCCCCCCC(O)C(CO)NC(=O)CCCCCCCCC/C=C\C/C=C\CCCCCCCCCCCOC(=O)CCCCCCCCCCCCCCC. The summed E-state index contributed by atoms with van der Waals surface area (Å²) in [5.74, 6) is -0.0313. The zero-order valence-corrected chi connectivity index (χ0v) is 52.2. The first-order valence-electron chi connectivity index (χ1n) is 35.1. The molecule has 456 valence electrons. The molecule has 0 aromatic rings. The van der Waals surface area contributed by atoms with Crippen LogP contribution in [0.15, 0.2) is 24.3 Å². The van der Waals surface area contributed by atoms with Crippen LogP contribution in [0.5, 0.6) is 0 Å². The Morgan fingerprint density at radius 1 is 0.364 bits per heavy atom. The van der Waals surface area contributed by atoms with Crippen LogP contribution in [-0.2, 0) is 14.3 Å². The van der Waals surface area contributed by atoms with Crippen molar-refractivity contribution in [2.45, 2.75) is 405 Å². The summed E-state index contributed by atoms with van der Waals surface area (Å²) in [7, 11) is 0. The van der Waals surface area contributed by atoms with Gasteiger partial charge in [0.1, 0.15) is 0 Å². The zero-order chi connectivity index (χ0) is 55.7. The van der Waals surface area contributed by atoms with Crippen molar-refractivity contribution in [3.63, 3.8) is 0 Å². The Kier molecular flexibility index (Phi) is 65.4. The van der Waals surface area contributed by atoms with Crippen molar-refractivity contribution in [1.29, 1.82) is 0 Å². The van der Waals surface area contributed by atoms with Gasteiger partial charge in [-0.15, -0.1) is 0 Å². The Balaban J connectivity index is 3.44. The van der Waals surface area contributed by atoms with Crippen LogP contribution in [0.4, 0.5) is 0 Å². The Labute approximate surface area is 481 Å². The molecule has 1 amide bonds. The van der Waals surface area contributed by atoms with Crippen LogP contribution in [0.1, 0.15) is 393 Å². The van der Waals surface area contributed by atoms with E-state index in [9.17, 15) is 19.8 Å². The van der Waals surface area contributed by atoms with Gasteiger partial charge in [0.25, 0.3) is 0 Å². The van der Waals surface area contributed by atoms with Crippen molar-refractivity contribution >= 4 is 11.9 Å². The molecule has 0 saturated heterocycles. The van der Waals surface area contributed by atoms with Gasteiger partial charge in [0, 0.05) is 12.8 Å². The van der Waals surface area contributed by atoms with E-state index >= 15 is 0 Å². The molecule has 0 fully saturated rings. The average Bonchev–Trinajstić information content (AvgIpc) is 3.43. The van der Waals surface area contributed by atoms with Crippen molar-refractivity contribution < 1.29 is 24.5 Å². The minimum absolute atomic E-state index is 0.00949. The van der Waals surface area contributed by atoms with Crippen molar-refractivity contribution in [1.82, 2.24) is 5.32 Å². The lowest BCUT2D eigenvalue weighted by Crippen LogP contribution is -2.45. The molecular formula is C71H137NO5. The molecule has 0 spiro atoms. The third-order valence-electron chi connectivity index (χ3n) is 16.5. The van der Waals surface area contributed by atoms with Gasteiger partial charge in [0.2, 0.25) is 5.91 Å². The summed E-state index contributed by atoms with van der Waals surface area (Å²) in [6, 6.07) is -0.550. The van der Waals surface area contributed by atoms with E-state index in [0.29, 0.717) is 25.9 Å². The lowest BCUT2D eigenvalue weighted by molar-refractivity contribution is -0.143. The van der Waals surface area contributed by atoms with E-state index < -0.39 is 12.1 Å². The van der Waals surface area contributed by atoms with Gasteiger partial charge in [-0.05, 0) is 57.8 Å². The number of rotatable bonds is 66. The van der Waals surface area contributed by atoms with Crippen molar-refractivity contribution in [2.24, 2.45) is 0 Å². The molecule has 77 heavy (non-hydrogen) atoms. The Morgan fingerprint density at radius 2 is 0.649 bits per heavy atom. The summed E-state index contributed by atoms with van der Waals surface area (Å²) >= 11 is 0. The zero-order valence-electron chi connectivity index (χ0n) is 52.2. The summed E-state index contributed by atoms with van der Waals surface area (Å²) in [6.45, 7) is 4.98. The number of allylic oxidation sites excluding steroid dienone is 4. The molecule has 0 bridgehead atoms. The van der Waals surface area contributed by atoms with Crippen LogP contribution in [0.2, 0.25) is 0 Å². The molecule has 0 radical (unpaired) electrons. The van der Waals surface area contributed by atoms with Crippen molar-refractivity contribution in [2.75, 3.05) is 13.2 Å². The normalized spacial score (nSPS) is 12.6. The molecule has 0 saturated carbocycles. The summed E-state index contributed by atoms with van der Waals surface area (Å²) < 4.78 is 5.48. The topological polar surface area (TPSA) is 95.9 Å². The summed E-state index contributed by atoms with van der Waals surface area (Å²) in [5.41, 5.74) is 0. The summed E-state index contributed by atoms with van der Waals surface area (Å²) in [4.78, 5) is 24.6. The first kappa shape index (κ1) is 75.3. The maximum atomic E-state index is 12.5. The number of esters is 1. The molecular weight excluding hydrogens is 947 g/mol. The molecule has 0 heterocycles. The third kappa shape index (κ3) is 63.4. The second kappa shape index (κ2) is 66.8. The molecule has 0 aromatic carbocycles. The largest absolute Gasteiger partial charge is 0.466 e. The first-order chi connectivity index (χ1) is 38.0. The smallest absolute Gasteiger partial charge is 0.305 e. The number of unbranched alkanes of at least 4 members (excludes halogenated alkanes) is 51. The molecule has 3 N–H and O–H groups in total. The lowest BCUT2D eigenvalue weighted by atomic mass is 10.0. The van der Waals surface area contributed by atoms with Gasteiger partial charge in [-0.25, -0.2) is 0 Å². The van der Waals surface area contributed by atoms with Gasteiger partial charge in [0.15, 0.2) is 0 Å². The predicted octanol–water partition coefficient (Wildman–Crippen LogP) is 22.5. The van der Waals surface area contributed by atoms with Gasteiger partial charge < -0.3 is 20.3 Å². The highest BCUT2D eigenvalue weighted by Crippen LogP contribution is 2.19. The summed E-state index contributed by atoms with van der Waals surface area (Å²) in [5, 5.41) is 23.4. The van der Waals surface area contributed by atoms with Crippen LogP contribution in [0.3, 0.4) is 0 Å². The number of aliphatic hydroxyl groups excluding tert-OH is 2. The maximum Gasteiger partial charge on any atom is 0.305 e. The molecule has 0 aromatic heterocycles. The van der Waals surface area contributed by atoms with Gasteiger partial charge in [-0.2, -0.15) is 0 Å². The van der Waals surface area contributed by atoms with Gasteiger partial charge in [-0.3, -0.25) is 9.59 Å². The number of hydrogen-bond donors (Lipinski definition) is 3. The standard InChI is InChI=1S/C71H137NO5/c1-3-5-7-9-11-13-15-17-18-19-20-21-22-24-27-30-33-36-40-43-47-51-55-59-63-69(74)68(67-73)72-70(75)64-60-56-52-48-44-41-37-34-31-28-25-23-26-29-32-35-38-42-46-50-54-58-62-66-77-71(76)65-61-57-53-49-45-39-16-14-12-10-8-6-4-2/h23,26,28,31,68-69,73-74H,3-22,24-25,27,29-30,32-67H2,1-2H3,(H,72,75)/b26-23-,31-28-. The fourth-order valence-corrected chi connectivity index (χ4v) is 11.1. The van der Waals surface area contributed by atoms with E-state index in [1.54, 1.807) is 0 Å². The minimum Gasteiger partial charge on any atom is -0.466 e. The van der Waals surface area contributed by atoms with Crippen LogP contribution in [0, 0.1) is 0 Å². The highest BCUT2D eigenvalue weighted by Gasteiger charge is 2.20. The van der Waals surface area contributed by atoms with Gasteiger partial charge >= 0.3 is 5.97 Å². The molecule has 2 unspecified atom stereocenters. The van der Waals surface area contributed by atoms with Crippen LogP contribution >= 0.6 is 0 Å². The molecule has 0 aliphatic rings. The fraction of sp³-hybridized carbons (Fsp3) is 0.915. The second-order valence-corrected chi connectivity index (χ2v) is 24.2. The molecule has 6 heteroatoms. The average molecular weight is 1080 g/mol. The number of nitrogens with one attached hydrogen (secondary N) is 1. The van der Waals surface area contributed by atoms with E-state index in [0.717, 1.165) is 44.9 Å². The van der Waals surface area contributed by atoms with E-state index in [1.165, 1.54) is 315 Å². The highest BCUT2D eigenvalue weighted by atomic mass is 16.5. The number of aliphatic hydroxyl groups is 2. The van der Waals surface area contributed by atoms with Gasteiger partial charge in [0.05, 0.1) is 25.4 Å². The highest BCUT2D eigenvalue weighted by molar-refractivity contribution is 5.76. The van der Waals surface area contributed by atoms with Crippen LogP contribution in [0.25, 0.3) is 0 Å². The number of carbonyl (C=O) groups is 2. The predicted molar refractivity (Wildman–Crippen MR) is 338 cm³/mol. The van der Waals surface area contributed by atoms with E-state index in [2.05, 4.69) is 43.5 Å². The molecule has 6 nitrogen and oxygen atoms in total. The Bertz CT molecular complexity index is 1200. The van der Waals surface area contributed by atoms with Crippen LogP contribution < -0.4 is 5.32 Å². The van der Waals surface area contributed by atoms with E-state index in [4.69, 9.17) is 4.74 Å². The van der Waals surface area contributed by atoms with E-state index in [-0.39, 0.29) is 18.5 Å². The van der Waals surface area contributed by atoms with Gasteiger partial charge in [-0.1, -0.05) is 346 Å². The van der Waals surface area contributed by atoms with Crippen molar-refractivity contribution in [3.05, 3.63) is 24.3 Å². The molecule has 2 atom stereocenters. The number of ether oxygens (including phenoxy) is 1. The minimum atomic E-state index is -0.672. The van der Waals surface area contributed by atoms with E-state index in [1.807, 2.05) is 0 Å². The number of hydrogen-bond acceptors (Lipinski definition) is 5. The first-order valence-corrected chi connectivity index (χ1v) is 35.1. The Hall–Kier alpha value is -1.66. The summed E-state index contributed by atoms with van der Waals surface area (Å²) in [6.07, 6.45) is 83.6. The third-order valence-corrected chi connectivity index (χ3v) is 16.5. The quantitative estimate of drug-likeness (QED) is 0.0320. The number of carbonyl (C=O) groups excluding carboxylic acids is 2. The Morgan fingerprint density at radius 3 is 0.987 bits per heavy atom. The molecule has 0 aliphatic heterocycles. The maximum absolute atomic E-state index is 12.5. The lowest BCUT2D eigenvalue weighted by Gasteiger charge is -2.22. The van der Waals surface area contributed by atoms with Crippen molar-refractivity contribution in [3.8, 4) is 0 Å². The molecule has 0 aliphatic carbocycles. The van der Waals surface area contributed by atoms with Crippen LogP contribution in [-0.4, -0.2) is 47.4 Å².